The molecule has 216 valence electrons. The molecule has 0 radical (unpaired) electrons. The number of rotatable bonds is 7. The SMILES string of the molecule is CC(C)c1onc(-c2c(Cl)cccc2Cl)c1COc1ccc(-c2ccc3c(C(=O)O)cccc3c2)cc1.ClC=C(Cl)Cl. The van der Waals surface area contributed by atoms with E-state index in [0.29, 0.717) is 38.0 Å². The van der Waals surface area contributed by atoms with Crippen molar-refractivity contribution in [2.24, 2.45) is 0 Å². The highest BCUT2D eigenvalue weighted by Crippen LogP contribution is 2.39. The van der Waals surface area contributed by atoms with E-state index in [1.165, 1.54) is 0 Å². The third kappa shape index (κ3) is 7.41. The predicted octanol–water partition coefficient (Wildman–Crippen LogP) is 11.4. The quantitative estimate of drug-likeness (QED) is 0.188. The number of hydrogen-bond acceptors (Lipinski definition) is 4. The highest BCUT2D eigenvalue weighted by molar-refractivity contribution is 6.58. The van der Waals surface area contributed by atoms with Gasteiger partial charge >= 0.3 is 5.97 Å². The van der Waals surface area contributed by atoms with Crippen molar-refractivity contribution in [2.75, 3.05) is 0 Å². The van der Waals surface area contributed by atoms with Crippen molar-refractivity contribution >= 4 is 74.7 Å². The summed E-state index contributed by atoms with van der Waals surface area (Å²) in [5.41, 5.74) is 5.36. The van der Waals surface area contributed by atoms with Gasteiger partial charge in [-0.2, -0.15) is 0 Å². The van der Waals surface area contributed by atoms with Crippen molar-refractivity contribution in [2.45, 2.75) is 26.4 Å². The molecule has 4 aromatic carbocycles. The maximum Gasteiger partial charge on any atom is 0.336 e. The van der Waals surface area contributed by atoms with Gasteiger partial charge in [-0.3, -0.25) is 0 Å². The number of hydrogen-bond donors (Lipinski definition) is 1. The molecule has 0 amide bonds. The molecule has 5 aromatic rings. The Labute approximate surface area is 268 Å². The average molecular weight is 664 g/mol. The molecule has 0 fully saturated rings. The number of aromatic nitrogens is 1. The molecule has 0 atom stereocenters. The first-order valence-electron chi connectivity index (χ1n) is 12.6. The molecule has 1 heterocycles. The van der Waals surface area contributed by atoms with E-state index in [0.717, 1.165) is 33.4 Å². The third-order valence-corrected chi connectivity index (χ3v) is 7.60. The lowest BCUT2D eigenvalue weighted by Gasteiger charge is -2.11. The second-order valence-corrected chi connectivity index (χ2v) is 11.4. The monoisotopic (exact) mass is 661 g/mol. The van der Waals surface area contributed by atoms with Crippen molar-refractivity contribution in [1.82, 2.24) is 5.16 Å². The van der Waals surface area contributed by atoms with Gasteiger partial charge < -0.3 is 14.4 Å². The Morgan fingerprint density at radius 2 is 1.57 bits per heavy atom. The molecule has 10 heteroatoms. The second kappa shape index (κ2) is 14.3. The Morgan fingerprint density at radius 3 is 2.17 bits per heavy atom. The number of ether oxygens (including phenoxy) is 1. The van der Waals surface area contributed by atoms with Crippen LogP contribution in [0.2, 0.25) is 10.0 Å². The first kappa shape index (κ1) is 31.7. The van der Waals surface area contributed by atoms with Gasteiger partial charge in [-0.05, 0) is 58.3 Å². The molecule has 0 saturated heterocycles. The number of aromatic carboxylic acids is 1. The summed E-state index contributed by atoms with van der Waals surface area (Å²) in [4.78, 5) is 11.5. The molecule has 42 heavy (non-hydrogen) atoms. The van der Waals surface area contributed by atoms with Crippen LogP contribution in [-0.4, -0.2) is 16.2 Å². The van der Waals surface area contributed by atoms with E-state index >= 15 is 0 Å². The maximum absolute atomic E-state index is 11.5. The minimum absolute atomic E-state index is 0.0895. The number of nitrogens with zero attached hydrogens (tertiary/aromatic N) is 1. The molecule has 0 aliphatic carbocycles. The lowest BCUT2D eigenvalue weighted by Crippen LogP contribution is -2.01. The highest BCUT2D eigenvalue weighted by Gasteiger charge is 2.23. The summed E-state index contributed by atoms with van der Waals surface area (Å²) in [6.45, 7) is 4.29. The normalized spacial score (nSPS) is 10.8. The predicted molar refractivity (Wildman–Crippen MR) is 172 cm³/mol. The molecule has 0 aliphatic heterocycles. The summed E-state index contributed by atoms with van der Waals surface area (Å²) in [6, 6.07) is 24.1. The molecule has 0 saturated carbocycles. The largest absolute Gasteiger partial charge is 0.489 e. The van der Waals surface area contributed by atoms with E-state index in [9.17, 15) is 9.90 Å². The van der Waals surface area contributed by atoms with Crippen LogP contribution in [-0.2, 0) is 6.61 Å². The Bertz CT molecular complexity index is 1720. The Morgan fingerprint density at radius 1 is 0.952 bits per heavy atom. The summed E-state index contributed by atoms with van der Waals surface area (Å²) in [5.74, 6) is 0.565. The number of carboxylic acid groups (broad SMARTS) is 1. The molecule has 0 bridgehead atoms. The highest BCUT2D eigenvalue weighted by atomic mass is 35.5. The molecule has 1 aromatic heterocycles. The van der Waals surface area contributed by atoms with E-state index in [1.54, 1.807) is 30.3 Å². The molecule has 5 nitrogen and oxygen atoms in total. The molecule has 0 aliphatic rings. The fraction of sp³-hybridized carbons (Fsp3) is 0.125. The Kier molecular flexibility index (Phi) is 10.8. The van der Waals surface area contributed by atoms with Crippen LogP contribution < -0.4 is 4.74 Å². The average Bonchev–Trinajstić information content (AvgIpc) is 3.39. The minimum atomic E-state index is -0.937. The van der Waals surface area contributed by atoms with Gasteiger partial charge in [0.15, 0.2) is 0 Å². The van der Waals surface area contributed by atoms with Crippen LogP contribution in [0.1, 0.15) is 41.4 Å². The van der Waals surface area contributed by atoms with Crippen LogP contribution in [0.3, 0.4) is 0 Å². The fourth-order valence-electron chi connectivity index (χ4n) is 4.38. The first-order chi connectivity index (χ1) is 20.1. The van der Waals surface area contributed by atoms with E-state index in [2.05, 4.69) is 5.16 Å². The molecule has 1 N–H and O–H groups in total. The van der Waals surface area contributed by atoms with Crippen molar-refractivity contribution in [1.29, 1.82) is 0 Å². The number of carboxylic acids is 1. The van der Waals surface area contributed by atoms with E-state index in [4.69, 9.17) is 67.3 Å². The smallest absolute Gasteiger partial charge is 0.336 e. The van der Waals surface area contributed by atoms with Crippen LogP contribution in [0.5, 0.6) is 5.75 Å². The van der Waals surface area contributed by atoms with Crippen LogP contribution in [0.4, 0.5) is 0 Å². The summed E-state index contributed by atoms with van der Waals surface area (Å²) in [6.07, 6.45) is 0. The number of halogens is 5. The third-order valence-electron chi connectivity index (χ3n) is 6.31. The van der Waals surface area contributed by atoms with Gasteiger partial charge in [0.1, 0.15) is 28.3 Å². The molecule has 0 spiro atoms. The van der Waals surface area contributed by atoms with E-state index in [-0.39, 0.29) is 17.0 Å². The van der Waals surface area contributed by atoms with Crippen molar-refractivity contribution in [3.05, 3.63) is 116 Å². The fourth-order valence-corrected chi connectivity index (χ4v) is 4.96. The number of benzene rings is 4. The lowest BCUT2D eigenvalue weighted by atomic mass is 9.98. The Balaban J connectivity index is 0.000000748. The second-order valence-electron chi connectivity index (χ2n) is 9.38. The van der Waals surface area contributed by atoms with Crippen molar-refractivity contribution in [3.8, 4) is 28.1 Å². The first-order valence-corrected chi connectivity index (χ1v) is 14.6. The number of fused-ring (bicyclic) bond motifs is 1. The van der Waals surface area contributed by atoms with Crippen molar-refractivity contribution < 1.29 is 19.2 Å². The number of carbonyl (C=O) groups is 1. The summed E-state index contributed by atoms with van der Waals surface area (Å²) in [5, 5.41) is 16.3. The lowest BCUT2D eigenvalue weighted by molar-refractivity contribution is 0.0699. The van der Waals surface area contributed by atoms with Crippen LogP contribution in [0.25, 0.3) is 33.2 Å². The van der Waals surface area contributed by atoms with Gasteiger partial charge in [0, 0.05) is 17.0 Å². The Hall–Kier alpha value is -3.19. The van der Waals surface area contributed by atoms with Gasteiger partial charge in [-0.1, -0.05) is 119 Å². The molecule has 5 rings (SSSR count). The van der Waals surface area contributed by atoms with Gasteiger partial charge in [-0.25, -0.2) is 4.79 Å². The standard InChI is InChI=1S/C30H23Cl2NO4.C2HCl3/c1-17(2)29-24(28(33-37-29)27-25(31)7-4-8-26(27)32)16-36-21-12-9-18(10-13-21)19-11-14-22-20(15-19)5-3-6-23(22)30(34)35;3-1-2(4)5/h3-15,17H,16H2,1-2H3,(H,34,35);1H. The molecular weight excluding hydrogens is 640 g/mol. The zero-order valence-electron chi connectivity index (χ0n) is 22.4. The van der Waals surface area contributed by atoms with Gasteiger partial charge in [0.2, 0.25) is 0 Å². The van der Waals surface area contributed by atoms with Gasteiger partial charge in [-0.15, -0.1) is 0 Å². The van der Waals surface area contributed by atoms with Crippen LogP contribution >= 0.6 is 58.0 Å². The van der Waals surface area contributed by atoms with Crippen LogP contribution in [0, 0.1) is 0 Å². The van der Waals surface area contributed by atoms with Gasteiger partial charge in [0.25, 0.3) is 0 Å². The summed E-state index contributed by atoms with van der Waals surface area (Å²) >= 11 is 27.7. The molecular formula is C32H24Cl5NO4. The van der Waals surface area contributed by atoms with E-state index in [1.807, 2.05) is 62.4 Å². The summed E-state index contributed by atoms with van der Waals surface area (Å²) < 4.78 is 11.9. The minimum Gasteiger partial charge on any atom is -0.489 e. The topological polar surface area (TPSA) is 72.6 Å². The van der Waals surface area contributed by atoms with E-state index < -0.39 is 5.97 Å². The molecule has 0 unspecified atom stereocenters. The van der Waals surface area contributed by atoms with Crippen molar-refractivity contribution in [3.63, 3.8) is 0 Å². The van der Waals surface area contributed by atoms with Gasteiger partial charge in [0.05, 0.1) is 21.2 Å². The van der Waals surface area contributed by atoms with Crippen LogP contribution in [0.15, 0.2) is 93.4 Å². The zero-order chi connectivity index (χ0) is 30.4. The summed E-state index contributed by atoms with van der Waals surface area (Å²) in [7, 11) is 0. The zero-order valence-corrected chi connectivity index (χ0v) is 26.2. The maximum atomic E-state index is 11.5.